The van der Waals surface area contributed by atoms with Crippen LogP contribution in [-0.4, -0.2) is 21.8 Å². The minimum absolute atomic E-state index is 0.0553. The summed E-state index contributed by atoms with van der Waals surface area (Å²) in [5.41, 5.74) is 1.31. The zero-order valence-corrected chi connectivity index (χ0v) is 13.0. The number of rotatable bonds is 3. The number of para-hydroxylation sites is 1. The number of carbonyl (C=O) groups is 1. The summed E-state index contributed by atoms with van der Waals surface area (Å²) in [5.74, 6) is -2.92. The van der Waals surface area contributed by atoms with E-state index >= 15 is 0 Å². The van der Waals surface area contributed by atoms with Crippen molar-refractivity contribution in [3.8, 4) is 0 Å². The van der Waals surface area contributed by atoms with Crippen molar-refractivity contribution in [2.75, 3.05) is 10.8 Å². The van der Waals surface area contributed by atoms with Crippen molar-refractivity contribution in [1.82, 2.24) is 9.97 Å². The average molecular weight is 338 g/mol. The SMILES string of the molecule is O=C(CCl)N(c1ncc2c(n1)CCCC2)c1c(F)cccc1F. The highest BCUT2D eigenvalue weighted by Gasteiger charge is 2.27. The Bertz CT molecular complexity index is 734. The summed E-state index contributed by atoms with van der Waals surface area (Å²) in [6.45, 7) is 0. The van der Waals surface area contributed by atoms with Gasteiger partial charge in [0, 0.05) is 11.9 Å². The first-order valence-electron chi connectivity index (χ1n) is 7.29. The van der Waals surface area contributed by atoms with E-state index in [2.05, 4.69) is 9.97 Å². The van der Waals surface area contributed by atoms with E-state index in [0.717, 1.165) is 54.0 Å². The smallest absolute Gasteiger partial charge is 0.249 e. The molecule has 0 fully saturated rings. The fourth-order valence-electron chi connectivity index (χ4n) is 2.67. The molecule has 1 amide bonds. The second-order valence-electron chi connectivity index (χ2n) is 5.28. The topological polar surface area (TPSA) is 46.1 Å². The number of alkyl halides is 1. The van der Waals surface area contributed by atoms with E-state index in [9.17, 15) is 13.6 Å². The molecule has 1 aromatic carbocycles. The Balaban J connectivity index is 2.12. The summed E-state index contributed by atoms with van der Waals surface area (Å²) in [4.78, 5) is 21.4. The van der Waals surface area contributed by atoms with Crippen molar-refractivity contribution < 1.29 is 13.6 Å². The lowest BCUT2D eigenvalue weighted by molar-refractivity contribution is -0.115. The summed E-state index contributed by atoms with van der Waals surface area (Å²) >= 11 is 5.60. The van der Waals surface area contributed by atoms with E-state index in [0.29, 0.717) is 0 Å². The van der Waals surface area contributed by atoms with Crippen LogP contribution >= 0.6 is 11.6 Å². The molecule has 1 aromatic heterocycles. The number of carbonyl (C=O) groups excluding carboxylic acids is 1. The molecule has 3 rings (SSSR count). The van der Waals surface area contributed by atoms with Gasteiger partial charge in [0.25, 0.3) is 0 Å². The zero-order valence-electron chi connectivity index (χ0n) is 12.2. The summed E-state index contributed by atoms with van der Waals surface area (Å²) in [6.07, 6.45) is 5.29. The van der Waals surface area contributed by atoms with Gasteiger partial charge in [0.1, 0.15) is 23.2 Å². The van der Waals surface area contributed by atoms with Crippen LogP contribution in [0.2, 0.25) is 0 Å². The predicted octanol–water partition coefficient (Wildman–Crippen LogP) is 3.54. The number of aromatic nitrogens is 2. The van der Waals surface area contributed by atoms with Crippen LogP contribution in [0.1, 0.15) is 24.1 Å². The van der Waals surface area contributed by atoms with Gasteiger partial charge in [-0.1, -0.05) is 6.07 Å². The monoisotopic (exact) mass is 337 g/mol. The molecule has 0 saturated heterocycles. The van der Waals surface area contributed by atoms with Gasteiger partial charge in [-0.05, 0) is 43.4 Å². The van der Waals surface area contributed by atoms with Gasteiger partial charge >= 0.3 is 0 Å². The molecule has 0 bridgehead atoms. The first kappa shape index (κ1) is 15.8. The van der Waals surface area contributed by atoms with Crippen molar-refractivity contribution in [2.24, 2.45) is 0 Å². The second-order valence-corrected chi connectivity index (χ2v) is 5.55. The molecule has 120 valence electrons. The Kier molecular flexibility index (Phi) is 4.52. The number of aryl methyl sites for hydroxylation is 2. The molecule has 0 spiro atoms. The summed E-state index contributed by atoms with van der Waals surface area (Å²) in [5, 5.41) is 0. The average Bonchev–Trinajstić information content (AvgIpc) is 2.57. The molecule has 0 radical (unpaired) electrons. The molecular formula is C16H14ClF2N3O. The van der Waals surface area contributed by atoms with Crippen LogP contribution in [0.5, 0.6) is 0 Å². The maximum absolute atomic E-state index is 14.1. The number of hydrogen-bond acceptors (Lipinski definition) is 3. The maximum atomic E-state index is 14.1. The molecule has 1 heterocycles. The normalized spacial score (nSPS) is 13.5. The second kappa shape index (κ2) is 6.58. The molecule has 23 heavy (non-hydrogen) atoms. The number of hydrogen-bond donors (Lipinski definition) is 0. The molecule has 0 N–H and O–H groups in total. The van der Waals surface area contributed by atoms with Gasteiger partial charge in [-0.15, -0.1) is 11.6 Å². The summed E-state index contributed by atoms with van der Waals surface area (Å²) in [7, 11) is 0. The molecule has 0 unspecified atom stereocenters. The van der Waals surface area contributed by atoms with E-state index < -0.39 is 29.1 Å². The molecule has 0 aliphatic heterocycles. The van der Waals surface area contributed by atoms with Gasteiger partial charge in [-0.3, -0.25) is 4.79 Å². The molecule has 1 aliphatic rings. The third kappa shape index (κ3) is 3.03. The zero-order chi connectivity index (χ0) is 16.4. The number of fused-ring (bicyclic) bond motifs is 1. The Morgan fingerprint density at radius 3 is 2.61 bits per heavy atom. The number of nitrogens with zero attached hydrogens (tertiary/aromatic N) is 3. The fourth-order valence-corrected chi connectivity index (χ4v) is 2.79. The number of amides is 1. The predicted molar refractivity (Wildman–Crippen MR) is 82.9 cm³/mol. The van der Waals surface area contributed by atoms with E-state index in [1.807, 2.05) is 0 Å². The van der Waals surface area contributed by atoms with E-state index in [-0.39, 0.29) is 5.95 Å². The number of halogens is 3. The first-order chi connectivity index (χ1) is 11.1. The number of anilines is 2. The van der Waals surface area contributed by atoms with Gasteiger partial charge in [0.2, 0.25) is 11.9 Å². The highest BCUT2D eigenvalue weighted by molar-refractivity contribution is 6.30. The van der Waals surface area contributed by atoms with Crippen LogP contribution in [0.15, 0.2) is 24.4 Å². The van der Waals surface area contributed by atoms with E-state index in [4.69, 9.17) is 11.6 Å². The molecular weight excluding hydrogens is 324 g/mol. The highest BCUT2D eigenvalue weighted by atomic mass is 35.5. The standard InChI is InChI=1S/C16H14ClF2N3O/c17-8-14(23)22(15-11(18)5-3-6-12(15)19)16-20-9-10-4-1-2-7-13(10)21-16/h3,5-6,9H,1-2,4,7-8H2. The van der Waals surface area contributed by atoms with Gasteiger partial charge in [0.05, 0.1) is 0 Å². The molecule has 1 aliphatic carbocycles. The fraction of sp³-hybridized carbons (Fsp3) is 0.312. The maximum Gasteiger partial charge on any atom is 0.249 e. The van der Waals surface area contributed by atoms with Crippen LogP contribution in [0.3, 0.4) is 0 Å². The quantitative estimate of drug-likeness (QED) is 0.805. The third-order valence-electron chi connectivity index (χ3n) is 3.78. The minimum atomic E-state index is -0.871. The van der Waals surface area contributed by atoms with Crippen molar-refractivity contribution in [3.63, 3.8) is 0 Å². The van der Waals surface area contributed by atoms with E-state index in [1.54, 1.807) is 6.20 Å². The number of benzene rings is 1. The lowest BCUT2D eigenvalue weighted by Gasteiger charge is -2.23. The van der Waals surface area contributed by atoms with Crippen molar-refractivity contribution in [1.29, 1.82) is 0 Å². The lowest BCUT2D eigenvalue weighted by Crippen LogP contribution is -2.31. The first-order valence-corrected chi connectivity index (χ1v) is 7.83. The molecule has 4 nitrogen and oxygen atoms in total. The summed E-state index contributed by atoms with van der Waals surface area (Å²) < 4.78 is 28.2. The van der Waals surface area contributed by atoms with Gasteiger partial charge in [0.15, 0.2) is 0 Å². The Morgan fingerprint density at radius 1 is 1.22 bits per heavy atom. The van der Waals surface area contributed by atoms with Crippen LogP contribution < -0.4 is 4.90 Å². The van der Waals surface area contributed by atoms with Crippen molar-refractivity contribution in [3.05, 3.63) is 47.3 Å². The molecule has 0 atom stereocenters. The van der Waals surface area contributed by atoms with E-state index in [1.165, 1.54) is 6.07 Å². The Hall–Kier alpha value is -2.08. The molecule has 2 aromatic rings. The largest absolute Gasteiger partial charge is 0.273 e. The highest BCUT2D eigenvalue weighted by Crippen LogP contribution is 2.30. The summed E-state index contributed by atoms with van der Waals surface area (Å²) in [6, 6.07) is 3.38. The Morgan fingerprint density at radius 2 is 1.91 bits per heavy atom. The molecule has 0 saturated carbocycles. The van der Waals surface area contributed by atoms with Crippen molar-refractivity contribution in [2.45, 2.75) is 25.7 Å². The van der Waals surface area contributed by atoms with Gasteiger partial charge in [-0.2, -0.15) is 0 Å². The van der Waals surface area contributed by atoms with Crippen LogP contribution in [-0.2, 0) is 17.6 Å². The van der Waals surface area contributed by atoms with Gasteiger partial charge < -0.3 is 0 Å². The van der Waals surface area contributed by atoms with Gasteiger partial charge in [-0.25, -0.2) is 23.6 Å². The van der Waals surface area contributed by atoms with Crippen LogP contribution in [0.25, 0.3) is 0 Å². The molecule has 7 heteroatoms. The Labute approximate surface area is 137 Å². The van der Waals surface area contributed by atoms with Crippen LogP contribution in [0.4, 0.5) is 20.4 Å². The van der Waals surface area contributed by atoms with Crippen LogP contribution in [0, 0.1) is 11.6 Å². The minimum Gasteiger partial charge on any atom is -0.273 e. The third-order valence-corrected chi connectivity index (χ3v) is 4.00. The lowest BCUT2D eigenvalue weighted by atomic mass is 9.98. The van der Waals surface area contributed by atoms with Crippen molar-refractivity contribution >= 4 is 29.1 Å².